The van der Waals surface area contributed by atoms with Crippen LogP contribution in [-0.4, -0.2) is 53.5 Å². The van der Waals surface area contributed by atoms with Gasteiger partial charge in [0.1, 0.15) is 11.9 Å². The molecule has 2 heterocycles. The second kappa shape index (κ2) is 10.7. The molecule has 2 aliphatic heterocycles. The summed E-state index contributed by atoms with van der Waals surface area (Å²) in [5, 5.41) is 7.14. The Hall–Kier alpha value is -2.68. The Balaban J connectivity index is 1.52. The minimum Gasteiger partial charge on any atom is -0.489 e. The first-order valence-corrected chi connectivity index (χ1v) is 12.0. The minimum atomic E-state index is -0.774. The highest BCUT2D eigenvalue weighted by molar-refractivity contribution is 6.32. The van der Waals surface area contributed by atoms with E-state index in [2.05, 4.69) is 10.6 Å². The first-order chi connectivity index (χ1) is 16.3. The Morgan fingerprint density at radius 3 is 2.47 bits per heavy atom. The number of rotatable bonds is 7. The topological polar surface area (TPSA) is 83.1 Å². The van der Waals surface area contributed by atoms with Gasteiger partial charge in [-0.05, 0) is 49.7 Å². The number of carbonyl (C=O) groups is 2. The maximum atomic E-state index is 13.3. The molecule has 182 valence electrons. The number of anilines is 1. The van der Waals surface area contributed by atoms with Crippen molar-refractivity contribution in [3.05, 3.63) is 58.1 Å². The minimum absolute atomic E-state index is 0.0668. The van der Waals surface area contributed by atoms with Crippen LogP contribution in [0.3, 0.4) is 0 Å². The van der Waals surface area contributed by atoms with Crippen molar-refractivity contribution in [3.63, 3.8) is 0 Å². The molecule has 4 rings (SSSR count). The summed E-state index contributed by atoms with van der Waals surface area (Å²) in [6.07, 6.45) is 0.929. The molecule has 10 heteroatoms. The standard InChI is InChI=1S/C24H28Cl2N4O4/c1-15(2)30-23(31)28-22(29(24(30)32)14-16-3-5-17(25)6-4-16)27-18-7-8-21(20(26)13-18)34-19-9-11-33-12-10-19/h3-8,13,15,19,22,27H,9-12,14H2,1-2H3,(H,28,31). The quantitative estimate of drug-likeness (QED) is 0.532. The molecule has 0 bridgehead atoms. The summed E-state index contributed by atoms with van der Waals surface area (Å²) in [6.45, 7) is 5.21. The van der Waals surface area contributed by atoms with Crippen LogP contribution < -0.4 is 15.4 Å². The largest absolute Gasteiger partial charge is 0.489 e. The number of ether oxygens (including phenoxy) is 2. The van der Waals surface area contributed by atoms with Crippen LogP contribution in [0.2, 0.25) is 10.0 Å². The van der Waals surface area contributed by atoms with Crippen LogP contribution in [0.25, 0.3) is 0 Å². The molecular weight excluding hydrogens is 479 g/mol. The van der Waals surface area contributed by atoms with Gasteiger partial charge in [-0.2, -0.15) is 0 Å². The van der Waals surface area contributed by atoms with Crippen molar-refractivity contribution in [2.75, 3.05) is 18.5 Å². The number of hydrogen-bond donors (Lipinski definition) is 2. The molecule has 2 fully saturated rings. The zero-order valence-electron chi connectivity index (χ0n) is 19.1. The predicted octanol–water partition coefficient (Wildman–Crippen LogP) is 5.30. The van der Waals surface area contributed by atoms with E-state index in [1.54, 1.807) is 43.0 Å². The Morgan fingerprint density at radius 1 is 1.12 bits per heavy atom. The van der Waals surface area contributed by atoms with Gasteiger partial charge >= 0.3 is 12.1 Å². The maximum absolute atomic E-state index is 13.3. The Morgan fingerprint density at radius 2 is 1.82 bits per heavy atom. The van der Waals surface area contributed by atoms with Gasteiger partial charge in [-0.25, -0.2) is 14.5 Å². The number of halogens is 2. The monoisotopic (exact) mass is 506 g/mol. The molecule has 1 unspecified atom stereocenters. The molecule has 0 aliphatic carbocycles. The summed E-state index contributed by atoms with van der Waals surface area (Å²) in [7, 11) is 0. The van der Waals surface area contributed by atoms with E-state index in [1.807, 2.05) is 18.2 Å². The van der Waals surface area contributed by atoms with Crippen molar-refractivity contribution >= 4 is 41.0 Å². The van der Waals surface area contributed by atoms with Gasteiger partial charge in [-0.3, -0.25) is 10.2 Å². The van der Waals surface area contributed by atoms with Crippen LogP contribution in [0, 0.1) is 0 Å². The van der Waals surface area contributed by atoms with Crippen molar-refractivity contribution in [2.24, 2.45) is 0 Å². The molecule has 0 spiro atoms. The molecule has 8 nitrogen and oxygen atoms in total. The number of imide groups is 1. The van der Waals surface area contributed by atoms with Crippen molar-refractivity contribution in [1.82, 2.24) is 15.1 Å². The first-order valence-electron chi connectivity index (χ1n) is 11.3. The zero-order chi connectivity index (χ0) is 24.2. The first kappa shape index (κ1) is 24.4. The summed E-state index contributed by atoms with van der Waals surface area (Å²) >= 11 is 12.5. The fraction of sp³-hybridized carbons (Fsp3) is 0.417. The van der Waals surface area contributed by atoms with Gasteiger partial charge in [0, 0.05) is 29.6 Å². The third kappa shape index (κ3) is 5.68. The SMILES string of the molecule is CC(C)N1C(=O)NC(Nc2ccc(OC3CCOCC3)c(Cl)c2)N(Cc2ccc(Cl)cc2)C1=O. The number of benzene rings is 2. The lowest BCUT2D eigenvalue weighted by Gasteiger charge is -2.42. The number of urea groups is 2. The summed E-state index contributed by atoms with van der Waals surface area (Å²) in [6, 6.07) is 11.4. The summed E-state index contributed by atoms with van der Waals surface area (Å²) in [5.41, 5.74) is 1.52. The highest BCUT2D eigenvalue weighted by Crippen LogP contribution is 2.31. The third-order valence-electron chi connectivity index (χ3n) is 5.72. The van der Waals surface area contributed by atoms with E-state index in [0.29, 0.717) is 34.7 Å². The third-order valence-corrected chi connectivity index (χ3v) is 6.27. The fourth-order valence-corrected chi connectivity index (χ4v) is 4.28. The molecule has 34 heavy (non-hydrogen) atoms. The Labute approximate surface area is 209 Å². The van der Waals surface area contributed by atoms with Gasteiger partial charge in [0.05, 0.1) is 24.8 Å². The van der Waals surface area contributed by atoms with Gasteiger partial charge in [0.25, 0.3) is 0 Å². The summed E-state index contributed by atoms with van der Waals surface area (Å²) in [5.74, 6) is 0.590. The van der Waals surface area contributed by atoms with Crippen molar-refractivity contribution in [1.29, 1.82) is 0 Å². The second-order valence-electron chi connectivity index (χ2n) is 8.57. The van der Waals surface area contributed by atoms with Crippen LogP contribution >= 0.6 is 23.2 Å². The summed E-state index contributed by atoms with van der Waals surface area (Å²) < 4.78 is 11.4. The van der Waals surface area contributed by atoms with Crippen LogP contribution in [-0.2, 0) is 11.3 Å². The number of nitrogens with one attached hydrogen (secondary N) is 2. The van der Waals surface area contributed by atoms with Gasteiger partial charge in [0.2, 0.25) is 0 Å². The molecule has 2 aromatic carbocycles. The molecular formula is C24H28Cl2N4O4. The molecule has 1 atom stereocenters. The van der Waals surface area contributed by atoms with E-state index in [9.17, 15) is 9.59 Å². The highest BCUT2D eigenvalue weighted by Gasteiger charge is 2.39. The smallest absolute Gasteiger partial charge is 0.331 e. The fourth-order valence-electron chi connectivity index (χ4n) is 3.93. The van der Waals surface area contributed by atoms with Gasteiger partial charge in [-0.1, -0.05) is 35.3 Å². The van der Waals surface area contributed by atoms with E-state index in [4.69, 9.17) is 32.7 Å². The number of carbonyl (C=O) groups excluding carboxylic acids is 2. The van der Waals surface area contributed by atoms with E-state index in [0.717, 1.165) is 18.4 Å². The number of amides is 4. The van der Waals surface area contributed by atoms with E-state index in [-0.39, 0.29) is 18.7 Å². The van der Waals surface area contributed by atoms with Gasteiger partial charge < -0.3 is 14.8 Å². The lowest BCUT2D eigenvalue weighted by atomic mass is 10.1. The lowest BCUT2D eigenvalue weighted by Crippen LogP contribution is -2.68. The van der Waals surface area contributed by atoms with Crippen molar-refractivity contribution in [3.8, 4) is 5.75 Å². The highest BCUT2D eigenvalue weighted by atomic mass is 35.5. The predicted molar refractivity (Wildman–Crippen MR) is 131 cm³/mol. The van der Waals surface area contributed by atoms with E-state index >= 15 is 0 Å². The molecule has 2 aliphatic rings. The number of hydrogen-bond acceptors (Lipinski definition) is 5. The molecule has 2 aromatic rings. The molecule has 4 amide bonds. The van der Waals surface area contributed by atoms with Crippen LogP contribution in [0.5, 0.6) is 5.75 Å². The van der Waals surface area contributed by atoms with E-state index < -0.39 is 18.4 Å². The lowest BCUT2D eigenvalue weighted by molar-refractivity contribution is 0.0256. The van der Waals surface area contributed by atoms with Crippen LogP contribution in [0.15, 0.2) is 42.5 Å². The average Bonchev–Trinajstić information content (AvgIpc) is 2.80. The second-order valence-corrected chi connectivity index (χ2v) is 9.42. The van der Waals surface area contributed by atoms with Gasteiger partial charge in [-0.15, -0.1) is 0 Å². The normalized spacial score (nSPS) is 19.4. The number of nitrogens with zero attached hydrogens (tertiary/aromatic N) is 2. The molecule has 2 saturated heterocycles. The average molecular weight is 507 g/mol. The molecule has 0 radical (unpaired) electrons. The molecule has 0 aromatic heterocycles. The van der Waals surface area contributed by atoms with Gasteiger partial charge in [0.15, 0.2) is 6.29 Å². The van der Waals surface area contributed by atoms with Crippen LogP contribution in [0.1, 0.15) is 32.3 Å². The van der Waals surface area contributed by atoms with E-state index in [1.165, 1.54) is 4.90 Å². The molecule has 0 saturated carbocycles. The Kier molecular flexibility index (Phi) is 7.70. The van der Waals surface area contributed by atoms with Crippen molar-refractivity contribution in [2.45, 2.75) is 51.7 Å². The Bertz CT molecular complexity index is 1030. The molecule has 2 N–H and O–H groups in total. The van der Waals surface area contributed by atoms with Crippen LogP contribution in [0.4, 0.5) is 15.3 Å². The van der Waals surface area contributed by atoms with Crippen molar-refractivity contribution < 1.29 is 19.1 Å². The maximum Gasteiger partial charge on any atom is 0.331 e. The summed E-state index contributed by atoms with van der Waals surface area (Å²) in [4.78, 5) is 28.7. The zero-order valence-corrected chi connectivity index (χ0v) is 20.6.